The van der Waals surface area contributed by atoms with Crippen LogP contribution >= 0.6 is 0 Å². The van der Waals surface area contributed by atoms with Crippen LogP contribution in [0.4, 0.5) is 34.1 Å². The number of carboxylic acid groups (broad SMARTS) is 1. The third-order valence-electron chi connectivity index (χ3n) is 9.28. The number of rotatable bonds is 12. The predicted octanol–water partition coefficient (Wildman–Crippen LogP) is 6.76. The lowest BCUT2D eigenvalue weighted by Gasteiger charge is -2.12. The van der Waals surface area contributed by atoms with E-state index in [-0.39, 0.29) is 50.0 Å². The van der Waals surface area contributed by atoms with E-state index in [0.717, 1.165) is 36.4 Å². The van der Waals surface area contributed by atoms with Gasteiger partial charge < -0.3 is 10.2 Å². The molecule has 1 aliphatic rings. The van der Waals surface area contributed by atoms with Gasteiger partial charge >= 0.3 is 5.97 Å². The number of carbonyl (C=O) groups excluding carboxylic acids is 1. The predicted molar refractivity (Wildman–Crippen MR) is 226 cm³/mol. The first-order chi connectivity index (χ1) is 30.3. The van der Waals surface area contributed by atoms with Gasteiger partial charge in [0.2, 0.25) is 6.04 Å². The molecule has 1 amide bonds. The number of carboxylic acids is 1. The first-order valence-electron chi connectivity index (χ1n) is 17.7. The molecule has 1 unspecified atom stereocenters. The first kappa shape index (κ1) is 45.7. The second-order valence-electron chi connectivity index (χ2n) is 13.6. The van der Waals surface area contributed by atoms with Gasteiger partial charge in [0.1, 0.15) is 15.5 Å². The molecule has 1 heterocycles. The number of aromatic hydroxyl groups is 1. The van der Waals surface area contributed by atoms with Crippen molar-refractivity contribution in [3.8, 4) is 5.75 Å². The van der Waals surface area contributed by atoms with Crippen molar-refractivity contribution in [3.05, 3.63) is 103 Å². The second kappa shape index (κ2) is 16.7. The second-order valence-corrected chi connectivity index (χ2v) is 19.3. The van der Waals surface area contributed by atoms with Crippen molar-refractivity contribution in [2.45, 2.75) is 32.5 Å². The zero-order valence-corrected chi connectivity index (χ0v) is 35.6. The lowest BCUT2D eigenvalue weighted by molar-refractivity contribution is -0.130. The number of hydrogen-bond acceptors (Lipinski definition) is 18. The van der Waals surface area contributed by atoms with E-state index in [9.17, 15) is 71.7 Å². The quantitative estimate of drug-likeness (QED) is 0.0544. The van der Waals surface area contributed by atoms with E-state index in [1.165, 1.54) is 54.6 Å². The van der Waals surface area contributed by atoms with Gasteiger partial charge in [-0.3, -0.25) is 23.0 Å². The van der Waals surface area contributed by atoms with E-state index < -0.39 is 95.1 Å². The third-order valence-corrected chi connectivity index (χ3v) is 12.7. The average molecular weight is 967 g/mol. The van der Waals surface area contributed by atoms with Crippen LogP contribution in [0.25, 0.3) is 21.5 Å². The van der Waals surface area contributed by atoms with Crippen LogP contribution < -0.4 is 5.01 Å². The summed E-state index contributed by atoms with van der Waals surface area (Å²) in [5.74, 6) is -3.44. The summed E-state index contributed by atoms with van der Waals surface area (Å²) in [6.07, 6.45) is 0. The average Bonchev–Trinajstić information content (AvgIpc) is 3.56. The molecule has 28 heteroatoms. The van der Waals surface area contributed by atoms with Gasteiger partial charge in [-0.15, -0.1) is 5.11 Å². The van der Waals surface area contributed by atoms with Gasteiger partial charge in [-0.2, -0.15) is 69.4 Å². The Bertz CT molecular complexity index is 3640. The van der Waals surface area contributed by atoms with Crippen LogP contribution in [-0.4, -0.2) is 85.7 Å². The molecular formula is C37H26N8O16S4. The minimum Gasteiger partial charge on any atom is -0.505 e. The van der Waals surface area contributed by atoms with Gasteiger partial charge in [-0.05, 0) is 108 Å². The Labute approximate surface area is 365 Å². The number of aliphatic carboxylic acids is 1. The molecule has 1 atom stereocenters. The molecule has 24 nitrogen and oxygen atoms in total. The number of fused-ring (bicyclic) bond motifs is 2. The molecule has 1 aliphatic heterocycles. The summed E-state index contributed by atoms with van der Waals surface area (Å²) in [5, 5.41) is 49.2. The molecule has 6 aromatic rings. The van der Waals surface area contributed by atoms with Gasteiger partial charge in [-0.1, -0.05) is 12.1 Å². The standard InChI is InChI=1S/C37H26N8O16S4/c1-18-12-21(38-39-22-4-2-19-13-26(63(53,54)55)17-30(27(19)15-22)64(56,57)58)6-11-29(18)41-42-32-31(65(59,60)61)14-20-3-5-23(16-28(20)35(32)46)40-43-33-34(37(48)49)44-45(36(33)47)24-7-9-25(10-8-24)62(50,51)52/h2-17,33,46H,1H3,(H,48,49)(H,50,51,52)(H,53,54,55)(H,56,57,58)(H,59,60,61)/b39-38-,42-41+,43-40+. The van der Waals surface area contributed by atoms with Gasteiger partial charge in [0, 0.05) is 10.8 Å². The number of azo groups is 3. The number of anilines is 1. The number of carbonyl (C=O) groups is 2. The van der Waals surface area contributed by atoms with Crippen LogP contribution in [0.15, 0.2) is 152 Å². The van der Waals surface area contributed by atoms with Gasteiger partial charge in [0.25, 0.3) is 46.4 Å². The summed E-state index contributed by atoms with van der Waals surface area (Å²) in [7, 11) is -19.4. The van der Waals surface area contributed by atoms with Gasteiger partial charge in [0.15, 0.2) is 11.5 Å². The molecule has 0 spiro atoms. The number of amides is 1. The van der Waals surface area contributed by atoms with Crippen LogP contribution in [0.2, 0.25) is 0 Å². The first-order valence-corrected chi connectivity index (χ1v) is 23.4. The number of hydrazone groups is 1. The molecule has 0 saturated heterocycles. The van der Waals surface area contributed by atoms with E-state index in [0.29, 0.717) is 16.6 Å². The SMILES string of the molecule is Cc1cc(/N=N\c2ccc3cc(S(=O)(=O)O)cc(S(=O)(=O)O)c3c2)ccc1/N=N/c1c(S(=O)(=O)O)cc2ccc(/N=N/C3C(=O)N(c4ccc(S(=O)(=O)O)cc4)N=C3C(=O)O)cc2c1O. The van der Waals surface area contributed by atoms with Crippen molar-refractivity contribution in [2.75, 3.05) is 5.01 Å². The Balaban J connectivity index is 1.16. The summed E-state index contributed by atoms with van der Waals surface area (Å²) >= 11 is 0. The summed E-state index contributed by atoms with van der Waals surface area (Å²) < 4.78 is 134. The molecule has 6 N–H and O–H groups in total. The third kappa shape index (κ3) is 9.63. The molecule has 0 fully saturated rings. The van der Waals surface area contributed by atoms with Crippen molar-refractivity contribution in [2.24, 2.45) is 35.8 Å². The van der Waals surface area contributed by atoms with E-state index in [1.54, 1.807) is 6.92 Å². The molecular weight excluding hydrogens is 941 g/mol. The fourth-order valence-electron chi connectivity index (χ4n) is 6.20. The molecule has 0 bridgehead atoms. The zero-order chi connectivity index (χ0) is 47.4. The molecule has 0 saturated carbocycles. The van der Waals surface area contributed by atoms with Crippen LogP contribution in [0.3, 0.4) is 0 Å². The summed E-state index contributed by atoms with van der Waals surface area (Å²) in [5.41, 5.74) is -0.825. The van der Waals surface area contributed by atoms with Crippen LogP contribution in [0.5, 0.6) is 5.75 Å². The van der Waals surface area contributed by atoms with Crippen molar-refractivity contribution >= 4 is 114 Å². The Kier molecular flexibility index (Phi) is 11.7. The number of nitrogens with zero attached hydrogens (tertiary/aromatic N) is 8. The topological polar surface area (TPSA) is 382 Å². The van der Waals surface area contributed by atoms with Gasteiger partial charge in [-0.25, -0.2) is 4.79 Å². The number of benzene rings is 6. The van der Waals surface area contributed by atoms with E-state index in [2.05, 4.69) is 35.8 Å². The van der Waals surface area contributed by atoms with Crippen molar-refractivity contribution < 1.29 is 71.7 Å². The van der Waals surface area contributed by atoms with Crippen LogP contribution in [-0.2, 0) is 50.1 Å². The maximum atomic E-state index is 13.2. The van der Waals surface area contributed by atoms with Crippen molar-refractivity contribution in [3.63, 3.8) is 0 Å². The normalized spacial score (nSPS) is 15.3. The summed E-state index contributed by atoms with van der Waals surface area (Å²) in [6, 6.07) is 16.7. The Morgan fingerprint density at radius 2 is 1.15 bits per heavy atom. The van der Waals surface area contributed by atoms with E-state index in [1.807, 2.05) is 0 Å². The van der Waals surface area contributed by atoms with Crippen LogP contribution in [0, 0.1) is 6.92 Å². The maximum absolute atomic E-state index is 13.2. The smallest absolute Gasteiger partial charge is 0.355 e. The van der Waals surface area contributed by atoms with Crippen LogP contribution in [0.1, 0.15) is 5.56 Å². The molecule has 7 rings (SSSR count). The Morgan fingerprint density at radius 3 is 1.72 bits per heavy atom. The minimum absolute atomic E-state index is 0.0308. The molecule has 0 radical (unpaired) electrons. The van der Waals surface area contributed by atoms with Gasteiger partial charge in [0.05, 0.1) is 38.2 Å². The molecule has 334 valence electrons. The lowest BCUT2D eigenvalue weighted by atomic mass is 10.1. The Hall–Kier alpha value is -7.31. The monoisotopic (exact) mass is 966 g/mol. The maximum Gasteiger partial charge on any atom is 0.355 e. The summed E-state index contributed by atoms with van der Waals surface area (Å²) in [6.45, 7) is 1.56. The highest BCUT2D eigenvalue weighted by Crippen LogP contribution is 2.43. The highest BCUT2D eigenvalue weighted by atomic mass is 32.2. The fraction of sp³-hybridized carbons (Fsp3) is 0.0541. The van der Waals surface area contributed by atoms with E-state index in [4.69, 9.17) is 0 Å². The van der Waals surface area contributed by atoms with E-state index >= 15 is 0 Å². The van der Waals surface area contributed by atoms with Crippen molar-refractivity contribution in [1.82, 2.24) is 0 Å². The molecule has 0 aromatic heterocycles. The lowest BCUT2D eigenvalue weighted by Crippen LogP contribution is -2.33. The number of phenols is 1. The summed E-state index contributed by atoms with van der Waals surface area (Å²) in [4.78, 5) is 22.3. The molecule has 6 aromatic carbocycles. The number of aryl methyl sites for hydroxylation is 1. The fourth-order valence-corrected chi connectivity index (χ4v) is 8.69. The molecule has 65 heavy (non-hydrogen) atoms. The highest BCUT2D eigenvalue weighted by molar-refractivity contribution is 7.87. The number of phenolic OH excluding ortho intramolecular Hbond substituents is 1. The zero-order valence-electron chi connectivity index (χ0n) is 32.3. The van der Waals surface area contributed by atoms with Crippen molar-refractivity contribution in [1.29, 1.82) is 0 Å². The minimum atomic E-state index is -5.05. The highest BCUT2D eigenvalue weighted by Gasteiger charge is 2.41. The molecule has 0 aliphatic carbocycles. The largest absolute Gasteiger partial charge is 0.505 e. The Morgan fingerprint density at radius 1 is 0.600 bits per heavy atom. The number of hydrogen-bond donors (Lipinski definition) is 6.